The molecule has 0 heterocycles. The van der Waals surface area contributed by atoms with E-state index in [0.29, 0.717) is 0 Å². The fraction of sp³-hybridized carbons (Fsp3) is 0.273. The molecule has 1 amide bonds. The Balaban J connectivity index is 2.81. The number of aliphatic carboxylic acids is 1. The van der Waals surface area contributed by atoms with Crippen LogP contribution in [0.5, 0.6) is 0 Å². The van der Waals surface area contributed by atoms with Crippen molar-refractivity contribution >= 4 is 11.9 Å². The van der Waals surface area contributed by atoms with Gasteiger partial charge in [0, 0.05) is 5.56 Å². The lowest BCUT2D eigenvalue weighted by molar-refractivity contribution is -0.143. The molecule has 1 aromatic rings. The summed E-state index contributed by atoms with van der Waals surface area (Å²) in [6, 6.07) is 4.87. The van der Waals surface area contributed by atoms with Crippen LogP contribution in [0, 0.1) is 5.82 Å². The number of halogens is 1. The first-order chi connectivity index (χ1) is 7.33. The highest BCUT2D eigenvalue weighted by Crippen LogP contribution is 2.07. The molecule has 0 saturated heterocycles. The van der Waals surface area contributed by atoms with Gasteiger partial charge in [0.15, 0.2) is 0 Å². The van der Waals surface area contributed by atoms with Gasteiger partial charge in [0.2, 0.25) is 0 Å². The molecule has 0 bridgehead atoms. The summed E-state index contributed by atoms with van der Waals surface area (Å²) in [5, 5.41) is 11.1. The molecular weight excluding hydrogens is 213 g/mol. The van der Waals surface area contributed by atoms with E-state index in [1.165, 1.54) is 26.0 Å². The van der Waals surface area contributed by atoms with Crippen LogP contribution in [0.15, 0.2) is 24.3 Å². The predicted octanol–water partition coefficient (Wildman–Crippen LogP) is 1.42. The quantitative estimate of drug-likeness (QED) is 0.817. The van der Waals surface area contributed by atoms with Crippen molar-refractivity contribution in [3.8, 4) is 0 Å². The molecule has 0 aliphatic heterocycles. The van der Waals surface area contributed by atoms with E-state index in [4.69, 9.17) is 5.11 Å². The molecule has 0 unspecified atom stereocenters. The van der Waals surface area contributed by atoms with Gasteiger partial charge in [0.1, 0.15) is 11.4 Å². The smallest absolute Gasteiger partial charge is 0.328 e. The number of hydrogen-bond donors (Lipinski definition) is 2. The summed E-state index contributed by atoms with van der Waals surface area (Å²) < 4.78 is 12.6. The summed E-state index contributed by atoms with van der Waals surface area (Å²) in [6.07, 6.45) is 0. The Morgan fingerprint density at radius 1 is 1.25 bits per heavy atom. The summed E-state index contributed by atoms with van der Waals surface area (Å²) in [7, 11) is 0. The minimum atomic E-state index is -1.36. The standard InChI is InChI=1S/C11H12FNO3/c1-11(2,10(15)16)13-9(14)7-3-5-8(12)6-4-7/h3-6H,1-2H3,(H,13,14)(H,15,16). The van der Waals surface area contributed by atoms with Crippen LogP contribution in [-0.4, -0.2) is 22.5 Å². The molecule has 2 N–H and O–H groups in total. The lowest BCUT2D eigenvalue weighted by Gasteiger charge is -2.20. The number of carbonyl (C=O) groups is 2. The molecule has 1 aromatic carbocycles. The van der Waals surface area contributed by atoms with Crippen molar-refractivity contribution in [1.82, 2.24) is 5.32 Å². The predicted molar refractivity (Wildman–Crippen MR) is 55.6 cm³/mol. The zero-order valence-corrected chi connectivity index (χ0v) is 8.95. The molecule has 5 heteroatoms. The number of amides is 1. The van der Waals surface area contributed by atoms with Gasteiger partial charge in [-0.2, -0.15) is 0 Å². The van der Waals surface area contributed by atoms with Gasteiger partial charge in [-0.05, 0) is 38.1 Å². The number of carboxylic acids is 1. The van der Waals surface area contributed by atoms with Crippen molar-refractivity contribution < 1.29 is 19.1 Å². The molecule has 0 radical (unpaired) electrons. The van der Waals surface area contributed by atoms with Crippen LogP contribution in [0.25, 0.3) is 0 Å². The average Bonchev–Trinajstić information content (AvgIpc) is 2.17. The molecular formula is C11H12FNO3. The van der Waals surface area contributed by atoms with E-state index in [-0.39, 0.29) is 5.56 Å². The van der Waals surface area contributed by atoms with Crippen LogP contribution >= 0.6 is 0 Å². The van der Waals surface area contributed by atoms with Crippen LogP contribution in [-0.2, 0) is 4.79 Å². The molecule has 0 saturated carbocycles. The number of carboxylic acid groups (broad SMARTS) is 1. The lowest BCUT2D eigenvalue weighted by atomic mass is 10.1. The maximum atomic E-state index is 12.6. The summed E-state index contributed by atoms with van der Waals surface area (Å²) in [6.45, 7) is 2.74. The minimum absolute atomic E-state index is 0.218. The molecule has 0 aliphatic carbocycles. The SMILES string of the molecule is CC(C)(NC(=O)c1ccc(F)cc1)C(=O)O. The zero-order valence-electron chi connectivity index (χ0n) is 8.95. The van der Waals surface area contributed by atoms with Gasteiger partial charge in [-0.1, -0.05) is 0 Å². The highest BCUT2D eigenvalue weighted by Gasteiger charge is 2.29. The summed E-state index contributed by atoms with van der Waals surface area (Å²) in [4.78, 5) is 22.3. The van der Waals surface area contributed by atoms with Crippen molar-refractivity contribution in [2.75, 3.05) is 0 Å². The maximum Gasteiger partial charge on any atom is 0.328 e. The normalized spacial score (nSPS) is 10.9. The molecule has 0 aromatic heterocycles. The fourth-order valence-electron chi connectivity index (χ4n) is 1.01. The van der Waals surface area contributed by atoms with Gasteiger partial charge in [0.05, 0.1) is 0 Å². The highest BCUT2D eigenvalue weighted by molar-refractivity contribution is 5.97. The topological polar surface area (TPSA) is 66.4 Å². The third kappa shape index (κ3) is 2.79. The first-order valence-corrected chi connectivity index (χ1v) is 4.64. The Morgan fingerprint density at radius 2 is 1.75 bits per heavy atom. The monoisotopic (exact) mass is 225 g/mol. The van der Waals surface area contributed by atoms with E-state index >= 15 is 0 Å². The molecule has 4 nitrogen and oxygen atoms in total. The zero-order chi connectivity index (χ0) is 12.3. The second-order valence-electron chi connectivity index (χ2n) is 3.89. The number of benzene rings is 1. The number of carbonyl (C=O) groups excluding carboxylic acids is 1. The first-order valence-electron chi connectivity index (χ1n) is 4.64. The van der Waals surface area contributed by atoms with Crippen molar-refractivity contribution in [2.45, 2.75) is 19.4 Å². The van der Waals surface area contributed by atoms with Crippen molar-refractivity contribution in [2.24, 2.45) is 0 Å². The van der Waals surface area contributed by atoms with Crippen LogP contribution in [0.3, 0.4) is 0 Å². The summed E-state index contributed by atoms with van der Waals surface area (Å²) in [5.74, 6) is -2.13. The molecule has 0 aliphatic rings. The second kappa shape index (κ2) is 4.30. The van der Waals surface area contributed by atoms with Crippen LogP contribution < -0.4 is 5.32 Å². The van der Waals surface area contributed by atoms with Gasteiger partial charge in [-0.3, -0.25) is 4.79 Å². The van der Waals surface area contributed by atoms with E-state index in [2.05, 4.69) is 5.32 Å². The van der Waals surface area contributed by atoms with E-state index in [9.17, 15) is 14.0 Å². The lowest BCUT2D eigenvalue weighted by Crippen LogP contribution is -2.49. The van der Waals surface area contributed by atoms with Gasteiger partial charge in [0.25, 0.3) is 5.91 Å². The van der Waals surface area contributed by atoms with E-state index in [1.54, 1.807) is 0 Å². The summed E-state index contributed by atoms with van der Waals surface area (Å²) in [5.41, 5.74) is -1.14. The minimum Gasteiger partial charge on any atom is -0.480 e. The number of hydrogen-bond acceptors (Lipinski definition) is 2. The second-order valence-corrected chi connectivity index (χ2v) is 3.89. The van der Waals surface area contributed by atoms with Crippen LogP contribution in [0.1, 0.15) is 24.2 Å². The van der Waals surface area contributed by atoms with Crippen LogP contribution in [0.2, 0.25) is 0 Å². The van der Waals surface area contributed by atoms with E-state index in [1.807, 2.05) is 0 Å². The van der Waals surface area contributed by atoms with Gasteiger partial charge in [-0.15, -0.1) is 0 Å². The van der Waals surface area contributed by atoms with E-state index in [0.717, 1.165) is 12.1 Å². The molecule has 1 rings (SSSR count). The molecule has 86 valence electrons. The Bertz CT molecular complexity index is 412. The third-order valence-electron chi connectivity index (χ3n) is 2.07. The maximum absolute atomic E-state index is 12.6. The van der Waals surface area contributed by atoms with Gasteiger partial charge < -0.3 is 10.4 Å². The van der Waals surface area contributed by atoms with Crippen molar-refractivity contribution in [1.29, 1.82) is 0 Å². The summed E-state index contributed by atoms with van der Waals surface area (Å²) >= 11 is 0. The Kier molecular flexibility index (Phi) is 3.27. The first kappa shape index (κ1) is 12.2. The third-order valence-corrected chi connectivity index (χ3v) is 2.07. The van der Waals surface area contributed by atoms with Crippen molar-refractivity contribution in [3.63, 3.8) is 0 Å². The molecule has 0 spiro atoms. The Morgan fingerprint density at radius 3 is 2.19 bits per heavy atom. The average molecular weight is 225 g/mol. The largest absolute Gasteiger partial charge is 0.480 e. The number of nitrogens with one attached hydrogen (secondary N) is 1. The number of rotatable bonds is 3. The molecule has 0 fully saturated rings. The van der Waals surface area contributed by atoms with Crippen molar-refractivity contribution in [3.05, 3.63) is 35.6 Å². The van der Waals surface area contributed by atoms with E-state index < -0.39 is 23.2 Å². The fourth-order valence-corrected chi connectivity index (χ4v) is 1.01. The molecule has 0 atom stereocenters. The molecule has 16 heavy (non-hydrogen) atoms. The highest BCUT2D eigenvalue weighted by atomic mass is 19.1. The Labute approximate surface area is 92.1 Å². The van der Waals surface area contributed by atoms with Gasteiger partial charge in [-0.25, -0.2) is 9.18 Å². The van der Waals surface area contributed by atoms with Crippen LogP contribution in [0.4, 0.5) is 4.39 Å². The van der Waals surface area contributed by atoms with Gasteiger partial charge >= 0.3 is 5.97 Å². The Hall–Kier alpha value is -1.91.